The second kappa shape index (κ2) is 6.68. The second-order valence-electron chi connectivity index (χ2n) is 4.94. The molecule has 0 amide bonds. The third kappa shape index (κ3) is 3.79. The maximum atomic E-state index is 12.1. The van der Waals surface area contributed by atoms with Crippen molar-refractivity contribution in [3.8, 4) is 0 Å². The number of likely N-dealkylation sites (N-methyl/N-ethyl adjacent to an activating group) is 1. The molecule has 0 aliphatic carbocycles. The SMILES string of the molecule is CC(Nc1cnn(CCN(C)C)c(=O)c1Cl)c1ncn[nH]1. The molecular formula is C12H18ClN7O. The number of nitrogens with zero attached hydrogens (tertiary/aromatic N) is 5. The van der Waals surface area contributed by atoms with Crippen LogP contribution in [0.15, 0.2) is 17.3 Å². The average molecular weight is 312 g/mol. The summed E-state index contributed by atoms with van der Waals surface area (Å²) < 4.78 is 1.35. The molecule has 21 heavy (non-hydrogen) atoms. The van der Waals surface area contributed by atoms with Gasteiger partial charge in [0.1, 0.15) is 17.2 Å². The number of aromatic nitrogens is 5. The van der Waals surface area contributed by atoms with Crippen LogP contribution in [-0.2, 0) is 6.54 Å². The Balaban J connectivity index is 2.15. The minimum Gasteiger partial charge on any atom is -0.373 e. The van der Waals surface area contributed by atoms with Gasteiger partial charge < -0.3 is 10.2 Å². The number of rotatable bonds is 6. The van der Waals surface area contributed by atoms with Crippen molar-refractivity contribution < 1.29 is 0 Å². The van der Waals surface area contributed by atoms with Crippen LogP contribution in [0.3, 0.4) is 0 Å². The van der Waals surface area contributed by atoms with Crippen LogP contribution < -0.4 is 10.9 Å². The standard InChI is InChI=1S/C12H18ClN7O/c1-8(11-14-7-15-18-11)17-9-6-16-20(5-4-19(2)3)12(21)10(9)13/h6-8,17H,4-5H2,1-3H3,(H,14,15,18). The summed E-state index contributed by atoms with van der Waals surface area (Å²) in [5.74, 6) is 0.655. The predicted octanol–water partition coefficient (Wildman–Crippen LogP) is 0.749. The molecule has 0 aliphatic rings. The number of halogens is 1. The van der Waals surface area contributed by atoms with E-state index in [0.717, 1.165) is 0 Å². The highest BCUT2D eigenvalue weighted by Crippen LogP contribution is 2.20. The Morgan fingerprint density at radius 1 is 1.52 bits per heavy atom. The largest absolute Gasteiger partial charge is 0.373 e. The third-order valence-electron chi connectivity index (χ3n) is 2.96. The van der Waals surface area contributed by atoms with Crippen LogP contribution >= 0.6 is 11.6 Å². The Labute approximate surface area is 127 Å². The highest BCUT2D eigenvalue weighted by atomic mass is 35.5. The van der Waals surface area contributed by atoms with Gasteiger partial charge in [0.15, 0.2) is 0 Å². The number of hydrogen-bond acceptors (Lipinski definition) is 6. The molecule has 8 nitrogen and oxygen atoms in total. The van der Waals surface area contributed by atoms with Gasteiger partial charge in [0, 0.05) is 6.54 Å². The van der Waals surface area contributed by atoms with Crippen molar-refractivity contribution >= 4 is 17.3 Å². The van der Waals surface area contributed by atoms with E-state index in [1.165, 1.54) is 11.0 Å². The molecule has 1 atom stereocenters. The van der Waals surface area contributed by atoms with Crippen LogP contribution in [-0.4, -0.2) is 50.5 Å². The summed E-state index contributed by atoms with van der Waals surface area (Å²) in [4.78, 5) is 18.2. The zero-order valence-corrected chi connectivity index (χ0v) is 12.9. The molecule has 2 aromatic heterocycles. The third-order valence-corrected chi connectivity index (χ3v) is 3.32. The molecule has 0 spiro atoms. The number of nitrogens with one attached hydrogen (secondary N) is 2. The van der Waals surface area contributed by atoms with Gasteiger partial charge >= 0.3 is 0 Å². The predicted molar refractivity (Wildman–Crippen MR) is 80.5 cm³/mol. The van der Waals surface area contributed by atoms with E-state index in [9.17, 15) is 4.79 Å². The van der Waals surface area contributed by atoms with Crippen molar-refractivity contribution in [3.05, 3.63) is 33.7 Å². The zero-order valence-electron chi connectivity index (χ0n) is 12.2. The monoisotopic (exact) mass is 311 g/mol. The van der Waals surface area contributed by atoms with Crippen LogP contribution in [0.5, 0.6) is 0 Å². The van der Waals surface area contributed by atoms with Crippen molar-refractivity contribution in [2.45, 2.75) is 19.5 Å². The fraction of sp³-hybridized carbons (Fsp3) is 0.500. The Bertz CT molecular complexity index is 638. The highest BCUT2D eigenvalue weighted by molar-refractivity contribution is 6.32. The van der Waals surface area contributed by atoms with Gasteiger partial charge in [-0.15, -0.1) is 0 Å². The quantitative estimate of drug-likeness (QED) is 0.818. The Morgan fingerprint density at radius 2 is 2.29 bits per heavy atom. The van der Waals surface area contributed by atoms with E-state index in [-0.39, 0.29) is 16.6 Å². The van der Waals surface area contributed by atoms with E-state index >= 15 is 0 Å². The minimum atomic E-state index is -0.312. The molecule has 0 saturated heterocycles. The topological polar surface area (TPSA) is 91.7 Å². The first-order valence-electron chi connectivity index (χ1n) is 6.51. The van der Waals surface area contributed by atoms with Crippen LogP contribution in [0.2, 0.25) is 5.02 Å². The molecule has 2 N–H and O–H groups in total. The lowest BCUT2D eigenvalue weighted by molar-refractivity contribution is 0.367. The Morgan fingerprint density at radius 3 is 2.90 bits per heavy atom. The molecule has 2 rings (SSSR count). The van der Waals surface area contributed by atoms with Crippen LogP contribution in [0.4, 0.5) is 5.69 Å². The molecule has 2 aromatic rings. The smallest absolute Gasteiger partial charge is 0.287 e. The lowest BCUT2D eigenvalue weighted by Gasteiger charge is -2.15. The van der Waals surface area contributed by atoms with Crippen LogP contribution in [0.1, 0.15) is 18.8 Å². The molecule has 9 heteroatoms. The molecule has 114 valence electrons. The van der Waals surface area contributed by atoms with E-state index in [1.54, 1.807) is 6.20 Å². The van der Waals surface area contributed by atoms with Crippen molar-refractivity contribution in [1.82, 2.24) is 29.9 Å². The van der Waals surface area contributed by atoms with Gasteiger partial charge in [-0.2, -0.15) is 10.2 Å². The fourth-order valence-corrected chi connectivity index (χ4v) is 1.95. The number of hydrogen-bond donors (Lipinski definition) is 2. The summed E-state index contributed by atoms with van der Waals surface area (Å²) in [5.41, 5.74) is 0.167. The van der Waals surface area contributed by atoms with E-state index in [2.05, 4.69) is 25.6 Å². The van der Waals surface area contributed by atoms with Crippen molar-refractivity contribution in [2.75, 3.05) is 26.0 Å². The molecule has 0 radical (unpaired) electrons. The first-order valence-corrected chi connectivity index (χ1v) is 6.89. The molecular weight excluding hydrogens is 294 g/mol. The first-order chi connectivity index (χ1) is 9.99. The molecule has 1 unspecified atom stereocenters. The van der Waals surface area contributed by atoms with E-state index in [0.29, 0.717) is 24.6 Å². The second-order valence-corrected chi connectivity index (χ2v) is 5.32. The molecule has 0 fully saturated rings. The Hall–Kier alpha value is -1.93. The fourth-order valence-electron chi connectivity index (χ4n) is 1.74. The van der Waals surface area contributed by atoms with Gasteiger partial charge in [-0.1, -0.05) is 11.6 Å². The summed E-state index contributed by atoms with van der Waals surface area (Å²) in [6, 6.07) is -0.163. The van der Waals surface area contributed by atoms with E-state index in [1.807, 2.05) is 25.9 Å². The lowest BCUT2D eigenvalue weighted by atomic mass is 10.3. The van der Waals surface area contributed by atoms with Crippen LogP contribution in [0.25, 0.3) is 0 Å². The van der Waals surface area contributed by atoms with Crippen molar-refractivity contribution in [2.24, 2.45) is 0 Å². The summed E-state index contributed by atoms with van der Waals surface area (Å²) in [6.07, 6.45) is 2.97. The number of anilines is 1. The Kier molecular flexibility index (Phi) is 4.92. The highest BCUT2D eigenvalue weighted by Gasteiger charge is 2.14. The van der Waals surface area contributed by atoms with Gasteiger partial charge in [0.2, 0.25) is 0 Å². The maximum absolute atomic E-state index is 12.1. The van der Waals surface area contributed by atoms with E-state index < -0.39 is 0 Å². The first kappa shape index (κ1) is 15.5. The summed E-state index contributed by atoms with van der Waals surface area (Å²) in [7, 11) is 3.86. The average Bonchev–Trinajstić information content (AvgIpc) is 2.97. The minimum absolute atomic E-state index is 0.120. The van der Waals surface area contributed by atoms with Crippen molar-refractivity contribution in [3.63, 3.8) is 0 Å². The zero-order chi connectivity index (χ0) is 15.4. The molecule has 0 aromatic carbocycles. The summed E-state index contributed by atoms with van der Waals surface area (Å²) in [5, 5.41) is 13.9. The molecule has 2 heterocycles. The van der Waals surface area contributed by atoms with Gasteiger partial charge in [-0.05, 0) is 21.0 Å². The summed E-state index contributed by atoms with van der Waals surface area (Å²) in [6.45, 7) is 3.09. The van der Waals surface area contributed by atoms with Gasteiger partial charge in [0.05, 0.1) is 24.5 Å². The molecule has 0 bridgehead atoms. The lowest BCUT2D eigenvalue weighted by Crippen LogP contribution is -2.29. The normalized spacial score (nSPS) is 12.6. The van der Waals surface area contributed by atoms with Gasteiger partial charge in [0.25, 0.3) is 5.56 Å². The number of H-pyrrole nitrogens is 1. The van der Waals surface area contributed by atoms with E-state index in [4.69, 9.17) is 11.6 Å². The molecule has 0 saturated carbocycles. The summed E-state index contributed by atoms with van der Waals surface area (Å²) >= 11 is 6.12. The van der Waals surface area contributed by atoms with Gasteiger partial charge in [-0.25, -0.2) is 9.67 Å². The molecule has 0 aliphatic heterocycles. The maximum Gasteiger partial charge on any atom is 0.287 e. The van der Waals surface area contributed by atoms with Gasteiger partial charge in [-0.3, -0.25) is 9.89 Å². The van der Waals surface area contributed by atoms with Crippen molar-refractivity contribution in [1.29, 1.82) is 0 Å². The number of aromatic amines is 1. The van der Waals surface area contributed by atoms with Crippen LogP contribution in [0, 0.1) is 0 Å².